The lowest BCUT2D eigenvalue weighted by molar-refractivity contribution is 0.731. The fraction of sp³-hybridized carbons (Fsp3) is 0.462. The summed E-state index contributed by atoms with van der Waals surface area (Å²) in [6, 6.07) is 2.51. The standard InChI is InChI=1S/C13H17N5/c1-8-12(9(2)18(3)17-8)11-6-7-14-13(16-11)15-10-4-5-10/h6-7,10H,4-5H2,1-3H3,(H,14,15,16). The Morgan fingerprint density at radius 1 is 1.33 bits per heavy atom. The summed E-state index contributed by atoms with van der Waals surface area (Å²) in [6.45, 7) is 4.07. The number of aromatic nitrogens is 4. The van der Waals surface area contributed by atoms with Crippen LogP contribution in [0.5, 0.6) is 0 Å². The first-order valence-electron chi connectivity index (χ1n) is 6.25. The zero-order valence-electron chi connectivity index (χ0n) is 10.9. The molecule has 0 atom stereocenters. The highest BCUT2D eigenvalue weighted by molar-refractivity contribution is 5.65. The summed E-state index contributed by atoms with van der Waals surface area (Å²) in [6.07, 6.45) is 4.25. The molecular weight excluding hydrogens is 226 g/mol. The summed E-state index contributed by atoms with van der Waals surface area (Å²) in [4.78, 5) is 8.84. The van der Waals surface area contributed by atoms with Gasteiger partial charge in [-0.2, -0.15) is 5.10 Å². The third-order valence-electron chi connectivity index (χ3n) is 3.33. The Labute approximate surface area is 106 Å². The zero-order valence-corrected chi connectivity index (χ0v) is 10.9. The SMILES string of the molecule is Cc1nn(C)c(C)c1-c1ccnc(NC2CC2)n1. The van der Waals surface area contributed by atoms with Crippen LogP contribution >= 0.6 is 0 Å². The molecule has 1 aliphatic rings. The van der Waals surface area contributed by atoms with E-state index in [1.807, 2.05) is 24.7 Å². The van der Waals surface area contributed by atoms with E-state index in [4.69, 9.17) is 0 Å². The second-order valence-corrected chi connectivity index (χ2v) is 4.85. The molecule has 0 aromatic carbocycles. The minimum atomic E-state index is 0.566. The molecule has 2 heterocycles. The maximum absolute atomic E-state index is 4.58. The van der Waals surface area contributed by atoms with Crippen LogP contribution < -0.4 is 5.32 Å². The minimum Gasteiger partial charge on any atom is -0.351 e. The molecule has 18 heavy (non-hydrogen) atoms. The van der Waals surface area contributed by atoms with E-state index in [0.29, 0.717) is 6.04 Å². The Kier molecular flexibility index (Phi) is 2.54. The first-order valence-corrected chi connectivity index (χ1v) is 6.25. The van der Waals surface area contributed by atoms with Crippen LogP contribution in [0.2, 0.25) is 0 Å². The largest absolute Gasteiger partial charge is 0.351 e. The summed E-state index contributed by atoms with van der Waals surface area (Å²) in [5, 5.41) is 7.75. The van der Waals surface area contributed by atoms with Crippen molar-refractivity contribution in [2.45, 2.75) is 32.7 Å². The smallest absolute Gasteiger partial charge is 0.223 e. The van der Waals surface area contributed by atoms with E-state index in [1.165, 1.54) is 12.8 Å². The Morgan fingerprint density at radius 3 is 2.72 bits per heavy atom. The van der Waals surface area contributed by atoms with E-state index < -0.39 is 0 Å². The molecule has 94 valence electrons. The molecule has 0 saturated heterocycles. The van der Waals surface area contributed by atoms with Crippen molar-refractivity contribution < 1.29 is 0 Å². The Morgan fingerprint density at radius 2 is 2.11 bits per heavy atom. The van der Waals surface area contributed by atoms with Crippen molar-refractivity contribution in [2.75, 3.05) is 5.32 Å². The Balaban J connectivity index is 1.99. The Hall–Kier alpha value is -1.91. The van der Waals surface area contributed by atoms with Gasteiger partial charge in [0.05, 0.1) is 11.4 Å². The lowest BCUT2D eigenvalue weighted by Gasteiger charge is -2.05. The van der Waals surface area contributed by atoms with Crippen LogP contribution in [-0.4, -0.2) is 25.8 Å². The van der Waals surface area contributed by atoms with Crippen molar-refractivity contribution in [3.8, 4) is 11.3 Å². The first kappa shape index (κ1) is 11.2. The van der Waals surface area contributed by atoms with Gasteiger partial charge in [-0.25, -0.2) is 9.97 Å². The van der Waals surface area contributed by atoms with Crippen LogP contribution in [0.15, 0.2) is 12.3 Å². The maximum atomic E-state index is 4.58. The summed E-state index contributed by atoms with van der Waals surface area (Å²) in [5.41, 5.74) is 4.18. The van der Waals surface area contributed by atoms with Gasteiger partial charge in [0.2, 0.25) is 5.95 Å². The molecule has 1 aliphatic carbocycles. The van der Waals surface area contributed by atoms with Crippen LogP contribution in [0.1, 0.15) is 24.2 Å². The van der Waals surface area contributed by atoms with E-state index >= 15 is 0 Å². The molecule has 5 nitrogen and oxygen atoms in total. The zero-order chi connectivity index (χ0) is 12.7. The van der Waals surface area contributed by atoms with Gasteiger partial charge >= 0.3 is 0 Å². The van der Waals surface area contributed by atoms with Crippen LogP contribution in [0.4, 0.5) is 5.95 Å². The van der Waals surface area contributed by atoms with Gasteiger partial charge in [0.15, 0.2) is 0 Å². The van der Waals surface area contributed by atoms with E-state index in [1.54, 1.807) is 6.20 Å². The molecule has 0 radical (unpaired) electrons. The van der Waals surface area contributed by atoms with Crippen LogP contribution in [0.3, 0.4) is 0 Å². The van der Waals surface area contributed by atoms with Gasteiger partial charge in [-0.05, 0) is 32.8 Å². The molecule has 1 fully saturated rings. The molecular formula is C13H17N5. The molecule has 1 saturated carbocycles. The first-order chi connectivity index (χ1) is 8.65. The predicted molar refractivity (Wildman–Crippen MR) is 70.4 cm³/mol. The highest BCUT2D eigenvalue weighted by Gasteiger charge is 2.22. The predicted octanol–water partition coefficient (Wildman–Crippen LogP) is 2.07. The molecule has 3 rings (SSSR count). The van der Waals surface area contributed by atoms with Gasteiger partial charge in [-0.1, -0.05) is 0 Å². The normalized spacial score (nSPS) is 14.8. The molecule has 0 bridgehead atoms. The number of nitrogens with zero attached hydrogens (tertiary/aromatic N) is 4. The average Bonchev–Trinajstić information content (AvgIpc) is 3.09. The Bertz CT molecular complexity index is 583. The number of aryl methyl sites for hydroxylation is 2. The monoisotopic (exact) mass is 243 g/mol. The molecule has 5 heteroatoms. The van der Waals surface area contributed by atoms with E-state index in [0.717, 1.165) is 28.6 Å². The molecule has 0 aliphatic heterocycles. The van der Waals surface area contributed by atoms with E-state index in [9.17, 15) is 0 Å². The molecule has 1 N–H and O–H groups in total. The highest BCUT2D eigenvalue weighted by Crippen LogP contribution is 2.27. The number of nitrogens with one attached hydrogen (secondary N) is 1. The fourth-order valence-corrected chi connectivity index (χ4v) is 2.12. The van der Waals surface area contributed by atoms with Gasteiger partial charge < -0.3 is 5.32 Å². The molecule has 0 amide bonds. The van der Waals surface area contributed by atoms with Gasteiger partial charge in [0.1, 0.15) is 0 Å². The third kappa shape index (κ3) is 1.96. The van der Waals surface area contributed by atoms with Crippen molar-refractivity contribution in [2.24, 2.45) is 7.05 Å². The number of hydrogen-bond acceptors (Lipinski definition) is 4. The summed E-state index contributed by atoms with van der Waals surface area (Å²) < 4.78 is 1.89. The van der Waals surface area contributed by atoms with E-state index in [-0.39, 0.29) is 0 Å². The molecule has 0 spiro atoms. The van der Waals surface area contributed by atoms with Crippen molar-refractivity contribution >= 4 is 5.95 Å². The van der Waals surface area contributed by atoms with Gasteiger partial charge in [-0.15, -0.1) is 0 Å². The van der Waals surface area contributed by atoms with E-state index in [2.05, 4.69) is 27.3 Å². The second kappa shape index (κ2) is 4.08. The molecule has 2 aromatic rings. The molecule has 0 unspecified atom stereocenters. The van der Waals surface area contributed by atoms with Crippen molar-refractivity contribution in [1.29, 1.82) is 0 Å². The highest BCUT2D eigenvalue weighted by atomic mass is 15.3. The van der Waals surface area contributed by atoms with Gasteiger partial charge in [-0.3, -0.25) is 4.68 Å². The van der Waals surface area contributed by atoms with Crippen molar-refractivity contribution in [3.63, 3.8) is 0 Å². The number of rotatable bonds is 3. The lowest BCUT2D eigenvalue weighted by Crippen LogP contribution is -2.05. The third-order valence-corrected chi connectivity index (χ3v) is 3.33. The van der Waals surface area contributed by atoms with Crippen molar-refractivity contribution in [1.82, 2.24) is 19.7 Å². The lowest BCUT2D eigenvalue weighted by atomic mass is 10.1. The molecule has 2 aromatic heterocycles. The van der Waals surface area contributed by atoms with Crippen molar-refractivity contribution in [3.05, 3.63) is 23.7 Å². The average molecular weight is 243 g/mol. The van der Waals surface area contributed by atoms with Gasteiger partial charge in [0, 0.05) is 30.5 Å². The quantitative estimate of drug-likeness (QED) is 0.896. The topological polar surface area (TPSA) is 55.6 Å². The number of anilines is 1. The van der Waals surface area contributed by atoms with Gasteiger partial charge in [0.25, 0.3) is 0 Å². The summed E-state index contributed by atoms with van der Waals surface area (Å²) in [7, 11) is 1.95. The van der Waals surface area contributed by atoms with Crippen LogP contribution in [-0.2, 0) is 7.05 Å². The second-order valence-electron chi connectivity index (χ2n) is 4.85. The number of hydrogen-bond donors (Lipinski definition) is 1. The van der Waals surface area contributed by atoms with Crippen LogP contribution in [0, 0.1) is 13.8 Å². The summed E-state index contributed by atoms with van der Waals surface area (Å²) >= 11 is 0. The van der Waals surface area contributed by atoms with Crippen LogP contribution in [0.25, 0.3) is 11.3 Å². The fourth-order valence-electron chi connectivity index (χ4n) is 2.12. The summed E-state index contributed by atoms with van der Waals surface area (Å²) in [5.74, 6) is 0.720. The maximum Gasteiger partial charge on any atom is 0.223 e. The minimum absolute atomic E-state index is 0.566.